The molecule has 0 N–H and O–H groups in total. The van der Waals surface area contributed by atoms with Crippen molar-refractivity contribution >= 4 is 23.6 Å². The van der Waals surface area contributed by atoms with Crippen LogP contribution in [0.5, 0.6) is 17.2 Å². The number of benzene rings is 2. The molecule has 36 heavy (non-hydrogen) atoms. The van der Waals surface area contributed by atoms with Gasteiger partial charge in [-0.25, -0.2) is 0 Å². The first-order valence-corrected chi connectivity index (χ1v) is 13.5. The van der Waals surface area contributed by atoms with Crippen LogP contribution < -0.4 is 14.2 Å². The number of rotatable bonds is 13. The molecule has 1 aliphatic rings. The van der Waals surface area contributed by atoms with Gasteiger partial charge in [0.1, 0.15) is 23.9 Å². The maximum absolute atomic E-state index is 12.6. The van der Waals surface area contributed by atoms with Gasteiger partial charge >= 0.3 is 11.9 Å². The minimum Gasteiger partial charge on any atom is -0.488 e. The second-order valence-corrected chi connectivity index (χ2v) is 9.57. The van der Waals surface area contributed by atoms with Crippen LogP contribution in [0.15, 0.2) is 42.5 Å². The Morgan fingerprint density at radius 1 is 0.750 bits per heavy atom. The molecule has 5 nitrogen and oxygen atoms in total. The predicted octanol–water partition coefficient (Wildman–Crippen LogP) is 7.86. The molecule has 0 atom stereocenters. The van der Waals surface area contributed by atoms with Gasteiger partial charge < -0.3 is 14.2 Å². The highest BCUT2D eigenvalue weighted by molar-refractivity contribution is 5.86. The first-order chi connectivity index (χ1) is 17.5. The van der Waals surface area contributed by atoms with Crippen molar-refractivity contribution in [3.05, 3.63) is 53.6 Å². The van der Waals surface area contributed by atoms with E-state index >= 15 is 0 Å². The molecule has 0 fully saturated rings. The van der Waals surface area contributed by atoms with Crippen LogP contribution in [-0.4, -0.2) is 18.5 Å². The van der Waals surface area contributed by atoms with Crippen molar-refractivity contribution in [3.63, 3.8) is 0 Å². The molecule has 1 aliphatic heterocycles. The number of fused-ring (bicyclic) bond motifs is 1. The Bertz CT molecular complexity index is 1030. The van der Waals surface area contributed by atoms with Gasteiger partial charge in [-0.05, 0) is 67.2 Å². The fourth-order valence-electron chi connectivity index (χ4n) is 4.66. The quantitative estimate of drug-likeness (QED) is 0.210. The smallest absolute Gasteiger partial charge is 0.314 e. The van der Waals surface area contributed by atoms with Crippen molar-refractivity contribution in [2.75, 3.05) is 6.61 Å². The van der Waals surface area contributed by atoms with E-state index in [1.807, 2.05) is 36.4 Å². The maximum Gasteiger partial charge on any atom is 0.314 e. The summed E-state index contributed by atoms with van der Waals surface area (Å²) in [5, 5.41) is 0. The molecule has 0 bridgehead atoms. The first kappa shape index (κ1) is 27.5. The summed E-state index contributed by atoms with van der Waals surface area (Å²) in [6.45, 7) is 8.76. The average molecular weight is 493 g/mol. The highest BCUT2D eigenvalue weighted by Gasteiger charge is 2.21. The van der Waals surface area contributed by atoms with Crippen molar-refractivity contribution in [2.45, 2.75) is 79.1 Å². The summed E-state index contributed by atoms with van der Waals surface area (Å²) in [6, 6.07) is 13.1. The van der Waals surface area contributed by atoms with Crippen LogP contribution in [0.4, 0.5) is 0 Å². The molecular formula is C31H40O5. The van der Waals surface area contributed by atoms with Gasteiger partial charge in [-0.2, -0.15) is 0 Å². The second-order valence-electron chi connectivity index (χ2n) is 9.57. The molecular weight excluding hydrogens is 452 g/mol. The lowest BCUT2D eigenvalue weighted by atomic mass is 9.98. The molecule has 0 saturated heterocycles. The van der Waals surface area contributed by atoms with Crippen LogP contribution in [0.1, 0.15) is 90.2 Å². The van der Waals surface area contributed by atoms with Crippen LogP contribution in [0.25, 0.3) is 11.6 Å². The van der Waals surface area contributed by atoms with Gasteiger partial charge in [-0.15, -0.1) is 0 Å². The summed E-state index contributed by atoms with van der Waals surface area (Å²) < 4.78 is 17.3. The van der Waals surface area contributed by atoms with E-state index in [4.69, 9.17) is 14.2 Å². The molecule has 0 aliphatic carbocycles. The Hall–Kier alpha value is -3.08. The monoisotopic (exact) mass is 492 g/mol. The topological polar surface area (TPSA) is 61.8 Å². The van der Waals surface area contributed by atoms with E-state index in [9.17, 15) is 9.59 Å². The Balaban J connectivity index is 1.66. The zero-order valence-electron chi connectivity index (χ0n) is 22.2. The fourth-order valence-corrected chi connectivity index (χ4v) is 4.66. The number of esters is 2. The largest absolute Gasteiger partial charge is 0.488 e. The lowest BCUT2D eigenvalue weighted by Gasteiger charge is -2.20. The number of ether oxygens (including phenoxy) is 3. The van der Waals surface area contributed by atoms with Crippen LogP contribution in [0.2, 0.25) is 0 Å². The number of hydrogen-bond donors (Lipinski definition) is 0. The third-order valence-corrected chi connectivity index (χ3v) is 6.58. The Morgan fingerprint density at radius 2 is 1.25 bits per heavy atom. The lowest BCUT2D eigenvalue weighted by molar-refractivity contribution is -0.140. The average Bonchev–Trinajstić information content (AvgIpc) is 2.88. The van der Waals surface area contributed by atoms with E-state index in [0.29, 0.717) is 23.9 Å². The highest BCUT2D eigenvalue weighted by atomic mass is 16.5. The normalized spacial score (nSPS) is 12.7. The van der Waals surface area contributed by atoms with Gasteiger partial charge in [0, 0.05) is 11.6 Å². The number of hydrogen-bond acceptors (Lipinski definition) is 5. The molecule has 5 heteroatoms. The molecule has 0 spiro atoms. The summed E-state index contributed by atoms with van der Waals surface area (Å²) >= 11 is 0. The van der Waals surface area contributed by atoms with E-state index in [2.05, 4.69) is 33.8 Å². The van der Waals surface area contributed by atoms with Gasteiger partial charge in [0.15, 0.2) is 0 Å². The van der Waals surface area contributed by atoms with E-state index in [-0.39, 0.29) is 23.8 Å². The Morgan fingerprint density at radius 3 is 1.78 bits per heavy atom. The third kappa shape index (κ3) is 7.46. The van der Waals surface area contributed by atoms with Crippen LogP contribution >= 0.6 is 0 Å². The van der Waals surface area contributed by atoms with E-state index < -0.39 is 0 Å². The van der Waals surface area contributed by atoms with Gasteiger partial charge in [0.2, 0.25) is 0 Å². The van der Waals surface area contributed by atoms with Crippen LogP contribution in [0, 0.1) is 11.8 Å². The fraction of sp³-hybridized carbons (Fsp3) is 0.484. The van der Waals surface area contributed by atoms with E-state index in [1.54, 1.807) is 6.07 Å². The SMILES string of the molecule is CCCC(CCC)C(=O)Oc1ccc(C2=Cc3ccc(OC(=O)C(CCC)CCC)cc3OC2)cc1. The molecule has 194 valence electrons. The Kier molecular flexibility index (Phi) is 10.6. The second kappa shape index (κ2) is 13.9. The summed E-state index contributed by atoms with van der Waals surface area (Å²) in [7, 11) is 0. The Labute approximate surface area is 215 Å². The van der Waals surface area contributed by atoms with Crippen LogP contribution in [-0.2, 0) is 9.59 Å². The minimum absolute atomic E-state index is 0.0426. The van der Waals surface area contributed by atoms with Crippen molar-refractivity contribution in [1.29, 1.82) is 0 Å². The molecule has 3 rings (SSSR count). The van der Waals surface area contributed by atoms with Gasteiger partial charge in [-0.3, -0.25) is 9.59 Å². The maximum atomic E-state index is 12.6. The van der Waals surface area contributed by atoms with Crippen molar-refractivity contribution in [2.24, 2.45) is 11.8 Å². The first-order valence-electron chi connectivity index (χ1n) is 13.5. The predicted molar refractivity (Wildman–Crippen MR) is 144 cm³/mol. The molecule has 2 aromatic carbocycles. The van der Waals surface area contributed by atoms with Gasteiger partial charge in [0.05, 0.1) is 11.8 Å². The summed E-state index contributed by atoms with van der Waals surface area (Å²) in [5.41, 5.74) is 2.98. The summed E-state index contributed by atoms with van der Waals surface area (Å²) in [5.74, 6) is 1.37. The molecule has 0 unspecified atom stereocenters. The summed E-state index contributed by atoms with van der Waals surface area (Å²) in [6.07, 6.45) is 9.34. The summed E-state index contributed by atoms with van der Waals surface area (Å²) in [4.78, 5) is 25.1. The van der Waals surface area contributed by atoms with Crippen molar-refractivity contribution in [3.8, 4) is 17.2 Å². The molecule has 0 radical (unpaired) electrons. The zero-order valence-corrected chi connectivity index (χ0v) is 22.2. The lowest BCUT2D eigenvalue weighted by Crippen LogP contribution is -2.20. The molecule has 2 aromatic rings. The zero-order chi connectivity index (χ0) is 25.9. The van der Waals surface area contributed by atoms with Crippen molar-refractivity contribution < 1.29 is 23.8 Å². The van der Waals surface area contributed by atoms with Gasteiger partial charge in [0.25, 0.3) is 0 Å². The molecule has 0 aromatic heterocycles. The molecule has 0 saturated carbocycles. The third-order valence-electron chi connectivity index (χ3n) is 6.58. The van der Waals surface area contributed by atoms with E-state index in [0.717, 1.165) is 68.1 Å². The number of carbonyl (C=O) groups excluding carboxylic acids is 2. The van der Waals surface area contributed by atoms with Crippen molar-refractivity contribution in [1.82, 2.24) is 0 Å². The standard InChI is InChI=1S/C31H40O5/c1-5-9-23(10-6-2)30(32)35-27-16-13-22(14-17-27)26-19-25-15-18-28(20-29(25)34-21-26)36-31(33)24(11-7-3)12-8-4/h13-20,23-24H,5-12,21H2,1-4H3. The highest BCUT2D eigenvalue weighted by Crippen LogP contribution is 2.34. The molecule has 0 amide bonds. The molecule has 1 heterocycles. The number of carbonyl (C=O) groups is 2. The van der Waals surface area contributed by atoms with Gasteiger partial charge in [-0.1, -0.05) is 65.5 Å². The van der Waals surface area contributed by atoms with E-state index in [1.165, 1.54) is 0 Å². The minimum atomic E-state index is -0.165. The van der Waals surface area contributed by atoms with Crippen LogP contribution in [0.3, 0.4) is 0 Å².